The van der Waals surface area contributed by atoms with E-state index < -0.39 is 0 Å². The number of nitrogens with two attached hydrogens (primary N) is 1. The number of hydrogen-bond acceptors (Lipinski definition) is 17. The molecule has 366 valence electrons. The maximum absolute atomic E-state index is 11.9. The van der Waals surface area contributed by atoms with Gasteiger partial charge in [0.15, 0.2) is 0 Å². The third-order valence-electron chi connectivity index (χ3n) is 13.9. The Kier molecular flexibility index (Phi) is 13.3. The van der Waals surface area contributed by atoms with Crippen LogP contribution in [0.25, 0.3) is 0 Å². The molecule has 18 heteroatoms. The Morgan fingerprint density at radius 3 is 1.53 bits per heavy atom. The number of nitrogens with zero attached hydrogens (tertiary/aromatic N) is 11. The number of nitro groups is 1. The number of nitrogens with one attached hydrogen (secondary N) is 2. The summed E-state index contributed by atoms with van der Waals surface area (Å²) in [5, 5.41) is 18.4. The number of ether oxygens (including phenoxy) is 2. The first-order valence-electron chi connectivity index (χ1n) is 23.7. The molecular weight excluding hydrogens is 885 g/mol. The van der Waals surface area contributed by atoms with Crippen molar-refractivity contribution in [1.82, 2.24) is 29.7 Å². The Bertz CT molecular complexity index is 2870. The lowest BCUT2D eigenvalue weighted by molar-refractivity contribution is -0.384. The molecule has 18 nitrogen and oxygen atoms in total. The molecule has 0 amide bonds. The molecule has 0 atom stereocenters. The normalized spacial score (nSPS) is 15.3. The molecule has 2 aliphatic carbocycles. The van der Waals surface area contributed by atoms with Gasteiger partial charge in [-0.15, -0.1) is 0 Å². The minimum atomic E-state index is -0.375. The molecular formula is C52H64N14O4. The van der Waals surface area contributed by atoms with E-state index in [2.05, 4.69) is 103 Å². The molecule has 0 unspecified atom stereocenters. The number of anilines is 11. The van der Waals surface area contributed by atoms with Crippen LogP contribution in [0.3, 0.4) is 0 Å². The lowest BCUT2D eigenvalue weighted by Gasteiger charge is -2.24. The lowest BCUT2D eigenvalue weighted by Crippen LogP contribution is -2.29. The fourth-order valence-electron chi connectivity index (χ4n) is 9.59. The fraction of sp³-hybridized carbons (Fsp3) is 0.385. The highest BCUT2D eigenvalue weighted by Crippen LogP contribution is 2.59. The summed E-state index contributed by atoms with van der Waals surface area (Å²) >= 11 is 0. The zero-order valence-corrected chi connectivity index (χ0v) is 41.4. The molecule has 70 heavy (non-hydrogen) atoms. The van der Waals surface area contributed by atoms with Crippen molar-refractivity contribution < 1.29 is 14.4 Å². The van der Waals surface area contributed by atoms with Crippen molar-refractivity contribution in [3.8, 4) is 11.5 Å². The highest BCUT2D eigenvalue weighted by atomic mass is 16.6. The molecule has 0 radical (unpaired) electrons. The van der Waals surface area contributed by atoms with Gasteiger partial charge in [0.25, 0.3) is 5.69 Å². The van der Waals surface area contributed by atoms with E-state index in [0.717, 1.165) is 55.7 Å². The van der Waals surface area contributed by atoms with Crippen LogP contribution in [0.1, 0.15) is 36.8 Å². The molecule has 4 N–H and O–H groups in total. The Hall–Kier alpha value is -7.44. The molecule has 6 aromatic rings. The molecule has 2 aromatic heterocycles. The molecule has 2 fully saturated rings. The summed E-state index contributed by atoms with van der Waals surface area (Å²) < 4.78 is 11.3. The van der Waals surface area contributed by atoms with Crippen molar-refractivity contribution in [3.63, 3.8) is 0 Å². The van der Waals surface area contributed by atoms with Crippen LogP contribution in [-0.4, -0.2) is 130 Å². The number of methoxy groups -OCH3 is 2. The zero-order valence-electron chi connectivity index (χ0n) is 41.4. The molecule has 0 saturated heterocycles. The Morgan fingerprint density at radius 1 is 0.643 bits per heavy atom. The van der Waals surface area contributed by atoms with Gasteiger partial charge in [-0.2, -0.15) is 9.97 Å². The van der Waals surface area contributed by atoms with Crippen molar-refractivity contribution in [2.75, 3.05) is 132 Å². The summed E-state index contributed by atoms with van der Waals surface area (Å²) in [5.41, 5.74) is 15.4. The number of rotatable bonds is 17. The standard InChI is InChI=1S/C26H31N7O3.C26H33N7O/c1-30(2)13-14-31(3)21-16-23(36-4)19(15-22(21)33(34)35)28-25-27-12-9-24(29-25)32-17-26(10-11-26)18-7-5-6-8-20(18)32;1-31(2)13-14-32(3)22-16-23(34-4)20(15-19(22)27)29-25-28-12-9-24(30-25)33-17-26(10-11-26)18-7-5-6-8-21(18)33/h5-9,12,15-16H,10-11,13-14,17H2,1-4H3,(H,27,28,29);5-9,12,15-16H,10-11,13-14,17,27H2,1-4H3,(H,28,29,30). The van der Waals surface area contributed by atoms with Gasteiger partial charge < -0.3 is 55.2 Å². The molecule has 0 bridgehead atoms. The van der Waals surface area contributed by atoms with Crippen LogP contribution in [0, 0.1) is 10.1 Å². The van der Waals surface area contributed by atoms with Crippen molar-refractivity contribution in [2.45, 2.75) is 36.5 Å². The number of fused-ring (bicyclic) bond motifs is 4. The number of para-hydroxylation sites is 2. The molecule has 2 aliphatic heterocycles. The highest BCUT2D eigenvalue weighted by molar-refractivity contribution is 5.81. The van der Waals surface area contributed by atoms with E-state index in [0.29, 0.717) is 52.4 Å². The maximum Gasteiger partial charge on any atom is 0.294 e. The van der Waals surface area contributed by atoms with E-state index in [4.69, 9.17) is 25.2 Å². The topological polar surface area (TPSA) is 183 Å². The van der Waals surface area contributed by atoms with Crippen LogP contribution < -0.4 is 45.4 Å². The van der Waals surface area contributed by atoms with Gasteiger partial charge in [0.05, 0.1) is 41.9 Å². The van der Waals surface area contributed by atoms with Crippen LogP contribution in [0.15, 0.2) is 97.3 Å². The smallest absolute Gasteiger partial charge is 0.294 e. The molecule has 4 aromatic carbocycles. The van der Waals surface area contributed by atoms with Gasteiger partial charge in [-0.1, -0.05) is 36.4 Å². The third-order valence-corrected chi connectivity index (χ3v) is 13.9. The summed E-state index contributed by atoms with van der Waals surface area (Å²) in [6.45, 7) is 5.04. The summed E-state index contributed by atoms with van der Waals surface area (Å²) in [4.78, 5) is 42.7. The van der Waals surface area contributed by atoms with E-state index in [1.165, 1.54) is 54.3 Å². The predicted octanol–water partition coefficient (Wildman–Crippen LogP) is 8.31. The third kappa shape index (κ3) is 9.73. The summed E-state index contributed by atoms with van der Waals surface area (Å²) in [6, 6.07) is 28.1. The highest BCUT2D eigenvalue weighted by Gasteiger charge is 2.53. The predicted molar refractivity (Wildman–Crippen MR) is 280 cm³/mol. The van der Waals surface area contributed by atoms with Crippen molar-refractivity contribution >= 4 is 69.0 Å². The number of aromatic nitrogens is 4. The van der Waals surface area contributed by atoms with Crippen LogP contribution in [0.2, 0.25) is 0 Å². The van der Waals surface area contributed by atoms with Gasteiger partial charge in [-0.3, -0.25) is 10.1 Å². The second-order valence-corrected chi connectivity index (χ2v) is 19.4. The first kappa shape index (κ1) is 47.6. The number of hydrogen-bond donors (Lipinski definition) is 3. The van der Waals surface area contributed by atoms with Crippen LogP contribution >= 0.6 is 0 Å². The zero-order chi connectivity index (χ0) is 49.3. The largest absolute Gasteiger partial charge is 0.494 e. The molecule has 4 aliphatic rings. The van der Waals surface area contributed by atoms with E-state index in [1.807, 2.05) is 62.3 Å². The van der Waals surface area contributed by atoms with Crippen LogP contribution in [0.5, 0.6) is 11.5 Å². The lowest BCUT2D eigenvalue weighted by atomic mass is 9.99. The van der Waals surface area contributed by atoms with Gasteiger partial charge in [0, 0.05) is 106 Å². The second kappa shape index (κ2) is 19.5. The number of likely N-dealkylation sites (N-methyl/N-ethyl adjacent to an activating group) is 4. The fourth-order valence-corrected chi connectivity index (χ4v) is 9.59. The average Bonchev–Trinajstić information content (AvgIpc) is 4.27. The minimum absolute atomic E-state index is 0.0140. The van der Waals surface area contributed by atoms with E-state index in [-0.39, 0.29) is 16.0 Å². The van der Waals surface area contributed by atoms with Crippen LogP contribution in [-0.2, 0) is 10.8 Å². The maximum atomic E-state index is 11.9. The molecule has 2 saturated carbocycles. The first-order valence-corrected chi connectivity index (χ1v) is 23.7. The number of benzene rings is 4. The average molecular weight is 949 g/mol. The first-order chi connectivity index (χ1) is 33.7. The molecule has 2 spiro atoms. The Balaban J connectivity index is 0.000000174. The van der Waals surface area contributed by atoms with Gasteiger partial charge in [-0.25, -0.2) is 9.97 Å². The number of nitrogen functional groups attached to an aromatic ring is 1. The van der Waals surface area contributed by atoms with Gasteiger partial charge >= 0.3 is 0 Å². The van der Waals surface area contributed by atoms with E-state index >= 15 is 0 Å². The quantitative estimate of drug-likeness (QED) is 0.0450. The van der Waals surface area contributed by atoms with Crippen LogP contribution in [0.4, 0.5) is 69.0 Å². The van der Waals surface area contributed by atoms with Gasteiger partial charge in [0.2, 0.25) is 11.9 Å². The monoisotopic (exact) mass is 949 g/mol. The number of nitro benzene ring substituents is 1. The summed E-state index contributed by atoms with van der Waals surface area (Å²) in [7, 11) is 15.1. The van der Waals surface area contributed by atoms with Gasteiger partial charge in [-0.05, 0) is 95.3 Å². The Labute approximate surface area is 410 Å². The van der Waals surface area contributed by atoms with E-state index in [9.17, 15) is 10.1 Å². The minimum Gasteiger partial charge on any atom is -0.494 e. The molecule has 4 heterocycles. The van der Waals surface area contributed by atoms with Gasteiger partial charge in [0.1, 0.15) is 28.8 Å². The van der Waals surface area contributed by atoms with E-state index in [1.54, 1.807) is 32.7 Å². The second-order valence-electron chi connectivity index (χ2n) is 19.4. The van der Waals surface area contributed by atoms with Crippen molar-refractivity contribution in [1.29, 1.82) is 0 Å². The molecule has 10 rings (SSSR count). The van der Waals surface area contributed by atoms with Crippen molar-refractivity contribution in [3.05, 3.63) is 119 Å². The Morgan fingerprint density at radius 2 is 1.09 bits per heavy atom. The summed E-state index contributed by atoms with van der Waals surface area (Å²) in [5.74, 6) is 3.71. The van der Waals surface area contributed by atoms with Crippen molar-refractivity contribution in [2.24, 2.45) is 0 Å². The summed E-state index contributed by atoms with van der Waals surface area (Å²) in [6.07, 6.45) is 8.35. The SMILES string of the molecule is COc1cc(N(C)CCN(C)C)c(N)cc1Nc1nccc(N2CC3(CC3)c3ccccc32)n1.COc1cc(N(C)CCN(C)C)c([N+](=O)[O-])cc1Nc1nccc(N2CC3(CC3)c3ccccc32)n1.